The lowest BCUT2D eigenvalue weighted by Crippen LogP contribution is -2.25. The van der Waals surface area contributed by atoms with Crippen LogP contribution in [-0.2, 0) is 0 Å². The zero-order valence-corrected chi connectivity index (χ0v) is 11.7. The SMILES string of the molecule is CNC(C)/C=C/C1CCC(C(C)(C)C)CC1. The van der Waals surface area contributed by atoms with E-state index in [-0.39, 0.29) is 0 Å². The van der Waals surface area contributed by atoms with E-state index in [4.69, 9.17) is 0 Å². The van der Waals surface area contributed by atoms with E-state index in [0.29, 0.717) is 11.5 Å². The summed E-state index contributed by atoms with van der Waals surface area (Å²) in [5, 5.41) is 3.25. The zero-order valence-electron chi connectivity index (χ0n) is 11.7. The lowest BCUT2D eigenvalue weighted by atomic mass is 9.70. The molecule has 0 aromatic carbocycles. The van der Waals surface area contributed by atoms with Gasteiger partial charge in [-0.3, -0.25) is 0 Å². The summed E-state index contributed by atoms with van der Waals surface area (Å²) >= 11 is 0. The van der Waals surface area contributed by atoms with Gasteiger partial charge in [-0.05, 0) is 56.9 Å². The lowest BCUT2D eigenvalue weighted by molar-refractivity contribution is 0.163. The maximum Gasteiger partial charge on any atom is 0.0218 e. The first-order chi connectivity index (χ1) is 7.43. The molecular weight excluding hydrogens is 194 g/mol. The van der Waals surface area contributed by atoms with Crippen LogP contribution in [0.4, 0.5) is 0 Å². The maximum atomic E-state index is 3.25. The van der Waals surface area contributed by atoms with Gasteiger partial charge in [-0.1, -0.05) is 32.9 Å². The second-order valence-electron chi connectivity index (χ2n) is 6.44. The molecule has 1 aliphatic carbocycles. The van der Waals surface area contributed by atoms with E-state index in [2.05, 4.69) is 45.2 Å². The third-order valence-corrected chi connectivity index (χ3v) is 4.12. The van der Waals surface area contributed by atoms with E-state index < -0.39 is 0 Å². The predicted molar refractivity (Wildman–Crippen MR) is 72.6 cm³/mol. The molecule has 94 valence electrons. The summed E-state index contributed by atoms with van der Waals surface area (Å²) in [4.78, 5) is 0. The third-order valence-electron chi connectivity index (χ3n) is 4.12. The topological polar surface area (TPSA) is 12.0 Å². The van der Waals surface area contributed by atoms with Gasteiger partial charge in [0.15, 0.2) is 0 Å². The fourth-order valence-corrected chi connectivity index (χ4v) is 2.60. The molecule has 0 amide bonds. The Morgan fingerprint density at radius 3 is 2.12 bits per heavy atom. The minimum atomic E-state index is 0.507. The second kappa shape index (κ2) is 5.86. The molecule has 1 fully saturated rings. The van der Waals surface area contributed by atoms with Crippen molar-refractivity contribution in [3.05, 3.63) is 12.2 Å². The molecule has 16 heavy (non-hydrogen) atoms. The van der Waals surface area contributed by atoms with Crippen molar-refractivity contribution < 1.29 is 0 Å². The largest absolute Gasteiger partial charge is 0.314 e. The van der Waals surface area contributed by atoms with Crippen LogP contribution < -0.4 is 5.32 Å². The quantitative estimate of drug-likeness (QED) is 0.713. The van der Waals surface area contributed by atoms with Crippen molar-refractivity contribution in [2.45, 2.75) is 59.4 Å². The Morgan fingerprint density at radius 1 is 1.12 bits per heavy atom. The monoisotopic (exact) mass is 223 g/mol. The van der Waals surface area contributed by atoms with Crippen molar-refractivity contribution in [3.8, 4) is 0 Å². The fraction of sp³-hybridized carbons (Fsp3) is 0.867. The molecule has 1 saturated carbocycles. The molecule has 0 heterocycles. The molecule has 1 unspecified atom stereocenters. The number of allylic oxidation sites excluding steroid dienone is 1. The van der Waals surface area contributed by atoms with Gasteiger partial charge in [-0.25, -0.2) is 0 Å². The summed E-state index contributed by atoms with van der Waals surface area (Å²) in [6.45, 7) is 9.36. The summed E-state index contributed by atoms with van der Waals surface area (Å²) < 4.78 is 0. The van der Waals surface area contributed by atoms with Crippen LogP contribution in [0.5, 0.6) is 0 Å². The Labute approximate surface area is 102 Å². The van der Waals surface area contributed by atoms with Crippen molar-refractivity contribution in [3.63, 3.8) is 0 Å². The number of hydrogen-bond donors (Lipinski definition) is 1. The molecule has 1 rings (SSSR count). The van der Waals surface area contributed by atoms with E-state index in [0.717, 1.165) is 11.8 Å². The van der Waals surface area contributed by atoms with Gasteiger partial charge in [0.05, 0.1) is 0 Å². The van der Waals surface area contributed by atoms with Crippen LogP contribution in [0.15, 0.2) is 12.2 Å². The van der Waals surface area contributed by atoms with E-state index >= 15 is 0 Å². The average molecular weight is 223 g/mol. The maximum absolute atomic E-state index is 3.25. The van der Waals surface area contributed by atoms with Crippen molar-refractivity contribution >= 4 is 0 Å². The highest BCUT2D eigenvalue weighted by Crippen LogP contribution is 2.40. The van der Waals surface area contributed by atoms with Crippen LogP contribution >= 0.6 is 0 Å². The Morgan fingerprint density at radius 2 is 1.69 bits per heavy atom. The zero-order chi connectivity index (χ0) is 12.2. The predicted octanol–water partition coefficient (Wildman–Crippen LogP) is 4.00. The normalized spacial score (nSPS) is 29.6. The van der Waals surface area contributed by atoms with Crippen molar-refractivity contribution in [2.24, 2.45) is 17.3 Å². The first-order valence-corrected chi connectivity index (χ1v) is 6.79. The molecule has 0 aromatic heterocycles. The molecule has 1 heteroatoms. The molecule has 0 spiro atoms. The summed E-state index contributed by atoms with van der Waals surface area (Å²) in [7, 11) is 2.02. The summed E-state index contributed by atoms with van der Waals surface area (Å²) in [6, 6.07) is 0.514. The van der Waals surface area contributed by atoms with Gasteiger partial charge in [0, 0.05) is 6.04 Å². The first-order valence-electron chi connectivity index (χ1n) is 6.79. The van der Waals surface area contributed by atoms with Crippen LogP contribution in [0.1, 0.15) is 53.4 Å². The van der Waals surface area contributed by atoms with Crippen LogP contribution in [0.3, 0.4) is 0 Å². The second-order valence-corrected chi connectivity index (χ2v) is 6.44. The van der Waals surface area contributed by atoms with Crippen LogP contribution in [0.2, 0.25) is 0 Å². The van der Waals surface area contributed by atoms with Crippen molar-refractivity contribution in [2.75, 3.05) is 7.05 Å². The van der Waals surface area contributed by atoms with Crippen LogP contribution in [0.25, 0.3) is 0 Å². The molecule has 0 aliphatic heterocycles. The molecule has 1 atom stereocenters. The first kappa shape index (κ1) is 13.8. The molecule has 1 nitrogen and oxygen atoms in total. The smallest absolute Gasteiger partial charge is 0.0218 e. The van der Waals surface area contributed by atoms with Gasteiger partial charge in [-0.15, -0.1) is 0 Å². The highest BCUT2D eigenvalue weighted by molar-refractivity contribution is 4.96. The highest BCUT2D eigenvalue weighted by Gasteiger charge is 2.28. The Balaban J connectivity index is 2.35. The van der Waals surface area contributed by atoms with Gasteiger partial charge in [-0.2, -0.15) is 0 Å². The highest BCUT2D eigenvalue weighted by atomic mass is 14.8. The molecule has 1 aliphatic rings. The third kappa shape index (κ3) is 4.29. The van der Waals surface area contributed by atoms with E-state index in [1.165, 1.54) is 25.7 Å². The lowest BCUT2D eigenvalue weighted by Gasteiger charge is -2.36. The minimum Gasteiger partial charge on any atom is -0.314 e. The Hall–Kier alpha value is -0.300. The summed E-state index contributed by atoms with van der Waals surface area (Å²) in [5.41, 5.74) is 0.507. The number of likely N-dealkylation sites (N-methyl/N-ethyl adjacent to an activating group) is 1. The van der Waals surface area contributed by atoms with Crippen molar-refractivity contribution in [1.29, 1.82) is 0 Å². The summed E-state index contributed by atoms with van der Waals surface area (Å²) in [5.74, 6) is 1.76. The summed E-state index contributed by atoms with van der Waals surface area (Å²) in [6.07, 6.45) is 10.3. The molecular formula is C15H29N. The van der Waals surface area contributed by atoms with Gasteiger partial charge in [0.1, 0.15) is 0 Å². The van der Waals surface area contributed by atoms with Gasteiger partial charge in [0.2, 0.25) is 0 Å². The molecule has 0 saturated heterocycles. The molecule has 1 N–H and O–H groups in total. The van der Waals surface area contributed by atoms with E-state index in [1.807, 2.05) is 7.05 Å². The van der Waals surface area contributed by atoms with Gasteiger partial charge in [0.25, 0.3) is 0 Å². The van der Waals surface area contributed by atoms with Crippen LogP contribution in [0, 0.1) is 17.3 Å². The molecule has 0 radical (unpaired) electrons. The van der Waals surface area contributed by atoms with Gasteiger partial charge >= 0.3 is 0 Å². The van der Waals surface area contributed by atoms with E-state index in [1.54, 1.807) is 0 Å². The minimum absolute atomic E-state index is 0.507. The van der Waals surface area contributed by atoms with Crippen molar-refractivity contribution in [1.82, 2.24) is 5.32 Å². The van der Waals surface area contributed by atoms with E-state index in [9.17, 15) is 0 Å². The Kier molecular flexibility index (Phi) is 5.04. The number of hydrogen-bond acceptors (Lipinski definition) is 1. The Bertz CT molecular complexity index is 216. The number of nitrogens with one attached hydrogen (secondary N) is 1. The van der Waals surface area contributed by atoms with Gasteiger partial charge < -0.3 is 5.32 Å². The molecule has 0 bridgehead atoms. The molecule has 0 aromatic rings. The standard InChI is InChI=1S/C15H29N/c1-12(16-5)6-7-13-8-10-14(11-9-13)15(2,3)4/h6-7,12-14,16H,8-11H2,1-5H3/b7-6+. The van der Waals surface area contributed by atoms with Crippen LogP contribution in [-0.4, -0.2) is 13.1 Å². The average Bonchev–Trinajstić information content (AvgIpc) is 2.25. The fourth-order valence-electron chi connectivity index (χ4n) is 2.60. The number of rotatable bonds is 3.